The first kappa shape index (κ1) is 50.8. The van der Waals surface area contributed by atoms with Crippen LogP contribution in [0.5, 0.6) is 0 Å². The van der Waals surface area contributed by atoms with E-state index < -0.39 is 24.0 Å². The van der Waals surface area contributed by atoms with E-state index >= 15 is 4.39 Å². The molecule has 19 heteroatoms. The molecule has 322 valence electrons. The lowest BCUT2D eigenvalue weighted by atomic mass is 10.0. The Morgan fingerprint density at radius 1 is 0.881 bits per heavy atom. The SMILES string of the molecule is COOC=N[C@H](C(=O)N1CCC[C@H]1c1nc2c(F)cc(C#Cc3ccc(-c4cnc([C@@H]5CCCN5C(=O)[C@@H](NC(=O)OC)C(C)C)[nH]4)cc3)cc2[nH]1)C(C)C.S.S.S.S. The molecule has 3 amide bonds. The van der Waals surface area contributed by atoms with Crippen LogP contribution in [0.15, 0.2) is 47.6 Å². The van der Waals surface area contributed by atoms with E-state index in [0.29, 0.717) is 42.2 Å². The Labute approximate surface area is 371 Å². The van der Waals surface area contributed by atoms with Gasteiger partial charge in [0.05, 0.1) is 43.7 Å². The number of aromatic amines is 2. The van der Waals surface area contributed by atoms with Gasteiger partial charge in [-0.1, -0.05) is 51.7 Å². The molecule has 0 saturated carbocycles. The van der Waals surface area contributed by atoms with Gasteiger partial charge in [0.2, 0.25) is 18.2 Å². The van der Waals surface area contributed by atoms with Crippen LogP contribution >= 0.6 is 54.0 Å². The van der Waals surface area contributed by atoms with E-state index in [0.717, 1.165) is 42.5 Å². The first-order valence-corrected chi connectivity index (χ1v) is 18.5. The number of imidazole rings is 2. The first-order chi connectivity index (χ1) is 26.5. The number of carbonyl (C=O) groups is 3. The van der Waals surface area contributed by atoms with E-state index in [2.05, 4.69) is 47.0 Å². The summed E-state index contributed by atoms with van der Waals surface area (Å²) in [5.74, 6) is 6.35. The molecule has 0 aliphatic carbocycles. The molecule has 0 unspecified atom stereocenters. The summed E-state index contributed by atoms with van der Waals surface area (Å²) in [7, 11) is 2.63. The van der Waals surface area contributed by atoms with Crippen LogP contribution in [0.2, 0.25) is 0 Å². The second-order valence-electron chi connectivity index (χ2n) is 14.4. The van der Waals surface area contributed by atoms with Gasteiger partial charge in [-0.2, -0.15) is 58.9 Å². The second kappa shape index (κ2) is 22.9. The molecular formula is C40H55FN8O6S4. The molecule has 59 heavy (non-hydrogen) atoms. The van der Waals surface area contributed by atoms with Gasteiger partial charge in [0, 0.05) is 24.2 Å². The number of aliphatic imine (C=N–C) groups is 1. The molecule has 2 aromatic heterocycles. The monoisotopic (exact) mass is 890 g/mol. The summed E-state index contributed by atoms with van der Waals surface area (Å²) in [6.07, 6.45) is 5.28. The number of fused-ring (bicyclic) bond motifs is 1. The molecule has 2 saturated heterocycles. The minimum Gasteiger partial charge on any atom is -0.453 e. The van der Waals surface area contributed by atoms with Crippen LogP contribution in [-0.2, 0) is 24.1 Å². The molecule has 2 aliphatic rings. The highest BCUT2D eigenvalue weighted by Gasteiger charge is 2.38. The normalized spacial score (nSPS) is 17.0. The van der Waals surface area contributed by atoms with Crippen LogP contribution < -0.4 is 5.32 Å². The van der Waals surface area contributed by atoms with Crippen molar-refractivity contribution in [3.05, 3.63) is 71.2 Å². The summed E-state index contributed by atoms with van der Waals surface area (Å²) in [5, 5.41) is 2.67. The topological polar surface area (TPSA) is 167 Å². The number of likely N-dealkylation sites (tertiary alicyclic amines) is 2. The van der Waals surface area contributed by atoms with E-state index in [-0.39, 0.29) is 95.2 Å². The van der Waals surface area contributed by atoms with Crippen molar-refractivity contribution in [2.75, 3.05) is 27.3 Å². The number of aromatic nitrogens is 4. The number of carbonyl (C=O) groups excluding carboxylic acids is 3. The molecule has 0 radical (unpaired) electrons. The molecule has 2 aliphatic heterocycles. The highest BCUT2D eigenvalue weighted by Crippen LogP contribution is 2.35. The number of ether oxygens (including phenoxy) is 1. The molecule has 4 heterocycles. The molecule has 6 rings (SSSR count). The molecule has 14 nitrogen and oxygen atoms in total. The van der Waals surface area contributed by atoms with E-state index in [9.17, 15) is 14.4 Å². The summed E-state index contributed by atoms with van der Waals surface area (Å²) in [5.41, 5.74) is 3.58. The van der Waals surface area contributed by atoms with Crippen LogP contribution in [0.4, 0.5) is 9.18 Å². The molecule has 4 atom stereocenters. The van der Waals surface area contributed by atoms with Crippen LogP contribution in [0.3, 0.4) is 0 Å². The first-order valence-electron chi connectivity index (χ1n) is 18.5. The average molecular weight is 891 g/mol. The van der Waals surface area contributed by atoms with Crippen molar-refractivity contribution in [1.82, 2.24) is 35.1 Å². The number of halogens is 1. The molecule has 0 bridgehead atoms. The Bertz CT molecular complexity index is 2120. The number of hydrogen-bond acceptors (Lipinski definition) is 9. The van der Waals surface area contributed by atoms with Crippen molar-refractivity contribution in [3.63, 3.8) is 0 Å². The van der Waals surface area contributed by atoms with Gasteiger partial charge < -0.3 is 34.7 Å². The van der Waals surface area contributed by atoms with Crippen molar-refractivity contribution < 1.29 is 33.3 Å². The van der Waals surface area contributed by atoms with Crippen molar-refractivity contribution in [2.24, 2.45) is 16.8 Å². The Hall–Kier alpha value is -4.35. The maximum atomic E-state index is 15.4. The largest absolute Gasteiger partial charge is 0.453 e. The maximum absolute atomic E-state index is 15.4. The zero-order chi connectivity index (χ0) is 39.2. The summed E-state index contributed by atoms with van der Waals surface area (Å²) < 4.78 is 20.1. The number of nitrogens with one attached hydrogen (secondary N) is 3. The molecule has 0 spiro atoms. The Morgan fingerprint density at radius 3 is 2.12 bits per heavy atom. The predicted octanol–water partition coefficient (Wildman–Crippen LogP) is 6.28. The Morgan fingerprint density at radius 2 is 1.51 bits per heavy atom. The number of rotatable bonds is 11. The minimum atomic E-state index is -0.710. The van der Waals surface area contributed by atoms with Gasteiger partial charge in [-0.3, -0.25) is 9.59 Å². The third kappa shape index (κ3) is 11.7. The van der Waals surface area contributed by atoms with E-state index in [4.69, 9.17) is 9.62 Å². The van der Waals surface area contributed by atoms with Crippen LogP contribution in [0.25, 0.3) is 22.3 Å². The third-order valence-corrected chi connectivity index (χ3v) is 10.0. The van der Waals surface area contributed by atoms with Gasteiger partial charge in [0.1, 0.15) is 29.2 Å². The van der Waals surface area contributed by atoms with Crippen LogP contribution in [0.1, 0.15) is 88.2 Å². The highest BCUT2D eigenvalue weighted by molar-refractivity contribution is 7.59. The smallest absolute Gasteiger partial charge is 0.407 e. The van der Waals surface area contributed by atoms with Gasteiger partial charge >= 0.3 is 6.09 Å². The van der Waals surface area contributed by atoms with Crippen molar-refractivity contribution in [1.29, 1.82) is 0 Å². The van der Waals surface area contributed by atoms with Gasteiger partial charge in [-0.25, -0.2) is 24.1 Å². The van der Waals surface area contributed by atoms with Crippen molar-refractivity contribution in [2.45, 2.75) is 77.5 Å². The number of alkyl carbamates (subject to hydrolysis) is 1. The maximum Gasteiger partial charge on any atom is 0.407 e. The molecule has 2 aromatic carbocycles. The second-order valence-corrected chi connectivity index (χ2v) is 14.4. The zero-order valence-corrected chi connectivity index (χ0v) is 37.9. The van der Waals surface area contributed by atoms with Crippen LogP contribution in [0, 0.1) is 29.5 Å². The predicted molar refractivity (Wildman–Crippen MR) is 244 cm³/mol. The highest BCUT2D eigenvalue weighted by atomic mass is 32.1. The van der Waals surface area contributed by atoms with Crippen molar-refractivity contribution in [3.8, 4) is 23.1 Å². The quantitative estimate of drug-likeness (QED) is 0.0520. The van der Waals surface area contributed by atoms with E-state index in [1.165, 1.54) is 20.3 Å². The van der Waals surface area contributed by atoms with Crippen LogP contribution in [-0.4, -0.2) is 93.4 Å². The molecular weight excluding hydrogens is 836 g/mol. The summed E-state index contributed by atoms with van der Waals surface area (Å²) >= 11 is 0. The minimum absolute atomic E-state index is 0. The number of H-pyrrole nitrogens is 2. The summed E-state index contributed by atoms with van der Waals surface area (Å²) in [6, 6.07) is 8.78. The number of benzene rings is 2. The van der Waals surface area contributed by atoms with E-state index in [1.54, 1.807) is 22.1 Å². The number of nitrogens with zero attached hydrogens (tertiary/aromatic N) is 5. The Balaban J connectivity index is 0.00000300. The summed E-state index contributed by atoms with van der Waals surface area (Å²) in [4.78, 5) is 71.9. The number of methoxy groups -OCH3 is 1. The number of amides is 3. The molecule has 4 aromatic rings. The number of hydrogen-bond donors (Lipinski definition) is 3. The zero-order valence-electron chi connectivity index (χ0n) is 33.9. The van der Waals surface area contributed by atoms with Gasteiger partial charge in [-0.15, -0.1) is 0 Å². The van der Waals surface area contributed by atoms with E-state index in [1.807, 2.05) is 52.0 Å². The lowest BCUT2D eigenvalue weighted by molar-refractivity contribution is -0.188. The standard InChI is InChI=1S/C40H47FN8O6.4H2S/c1-23(2)33(43-22-55-54-6)38(50)49-18-8-10-32(49)37-44-29-20-26(19-28(41)35(29)46-37)12-11-25-13-15-27(16-14-25)30-21-42-36(45-30)31-9-7-17-48(31)39(51)34(24(3)4)47-40(52)53-5;;;;/h13-16,19-24,31-34H,7-10,17-18H2,1-6H3,(H,42,45)(H,44,46)(H,47,52);4*1H2/t31-,32-,33-,34-;;;;/m0..../s1. The lowest BCUT2D eigenvalue weighted by Gasteiger charge is -2.30. The fourth-order valence-electron chi connectivity index (χ4n) is 7.19. The Kier molecular flexibility index (Phi) is 19.7. The molecule has 3 N–H and O–H groups in total. The van der Waals surface area contributed by atoms with Gasteiger partial charge in [0.15, 0.2) is 5.82 Å². The van der Waals surface area contributed by atoms with Gasteiger partial charge in [0.25, 0.3) is 0 Å². The average Bonchev–Trinajstić information content (AvgIpc) is 4.00. The fourth-order valence-corrected chi connectivity index (χ4v) is 7.19. The third-order valence-electron chi connectivity index (χ3n) is 10.0. The summed E-state index contributed by atoms with van der Waals surface area (Å²) in [6.45, 7) is 8.70. The fraction of sp³-hybridized carbons (Fsp3) is 0.450. The lowest BCUT2D eigenvalue weighted by Crippen LogP contribution is -2.51. The molecule has 2 fully saturated rings. The van der Waals surface area contributed by atoms with Gasteiger partial charge in [-0.05, 0) is 67.3 Å². The van der Waals surface area contributed by atoms with Crippen molar-refractivity contribution >= 4 is 89.3 Å².